The molecule has 1 aromatic rings. The van der Waals surface area contributed by atoms with Crippen molar-refractivity contribution in [2.75, 3.05) is 13.1 Å². The van der Waals surface area contributed by atoms with Crippen molar-refractivity contribution in [3.63, 3.8) is 0 Å². The summed E-state index contributed by atoms with van der Waals surface area (Å²) in [6.07, 6.45) is 2.35. The van der Waals surface area contributed by atoms with Crippen LogP contribution >= 0.6 is 0 Å². The Morgan fingerprint density at radius 1 is 1.31 bits per heavy atom. The largest absolute Gasteiger partial charge is 0.445 e. The molecule has 2 rings (SSSR count). The van der Waals surface area contributed by atoms with Gasteiger partial charge in [0.25, 0.3) is 0 Å². The van der Waals surface area contributed by atoms with E-state index in [9.17, 15) is 0 Å². The van der Waals surface area contributed by atoms with Crippen LogP contribution in [0.4, 0.5) is 0 Å². The van der Waals surface area contributed by atoms with E-state index in [-0.39, 0.29) is 0 Å². The van der Waals surface area contributed by atoms with Crippen molar-refractivity contribution in [3.05, 3.63) is 17.3 Å². The fraction of sp³-hybridized carbons (Fsp3) is 0.700. The lowest BCUT2D eigenvalue weighted by atomic mass is 9.94. The lowest BCUT2D eigenvalue weighted by Crippen LogP contribution is -2.26. The van der Waals surface area contributed by atoms with Crippen LogP contribution in [0.2, 0.25) is 0 Å². The van der Waals surface area contributed by atoms with Gasteiger partial charge in [0.15, 0.2) is 5.89 Å². The van der Waals surface area contributed by atoms with Crippen LogP contribution in [-0.4, -0.2) is 18.1 Å². The highest BCUT2D eigenvalue weighted by atomic mass is 16.4. The molecule has 0 unspecified atom stereocenters. The van der Waals surface area contributed by atoms with Crippen molar-refractivity contribution < 1.29 is 4.42 Å². The first-order chi connectivity index (χ1) is 6.27. The highest BCUT2D eigenvalue weighted by Gasteiger charge is 2.21. The molecular formula is C10H16N2O. The predicted octanol–water partition coefficient (Wildman–Crippen LogP) is 1.76. The van der Waals surface area contributed by atoms with Crippen molar-refractivity contribution in [2.24, 2.45) is 0 Å². The number of nitrogens with one attached hydrogen (secondary N) is 1. The number of rotatable bonds is 1. The molecule has 2 heterocycles. The Morgan fingerprint density at radius 3 is 2.54 bits per heavy atom. The number of oxazole rings is 1. The second-order valence-corrected chi connectivity index (χ2v) is 3.71. The Balaban J connectivity index is 2.18. The maximum atomic E-state index is 5.61. The molecule has 0 saturated carbocycles. The van der Waals surface area contributed by atoms with Gasteiger partial charge in [0, 0.05) is 12.8 Å². The third-order valence-electron chi connectivity index (χ3n) is 2.65. The fourth-order valence-electron chi connectivity index (χ4n) is 2.01. The topological polar surface area (TPSA) is 38.1 Å². The van der Waals surface area contributed by atoms with E-state index in [1.54, 1.807) is 0 Å². The maximum absolute atomic E-state index is 5.61. The minimum absolute atomic E-state index is 0.586. The Hall–Kier alpha value is -0.830. The molecule has 0 aromatic carbocycles. The van der Waals surface area contributed by atoms with Gasteiger partial charge in [0.2, 0.25) is 0 Å². The van der Waals surface area contributed by atoms with Gasteiger partial charge in [-0.3, -0.25) is 0 Å². The van der Waals surface area contributed by atoms with E-state index in [1.807, 2.05) is 13.8 Å². The van der Waals surface area contributed by atoms with Crippen LogP contribution < -0.4 is 5.32 Å². The minimum Gasteiger partial charge on any atom is -0.445 e. The molecular weight excluding hydrogens is 164 g/mol. The lowest BCUT2D eigenvalue weighted by molar-refractivity contribution is 0.374. The van der Waals surface area contributed by atoms with Gasteiger partial charge in [0.1, 0.15) is 5.76 Å². The van der Waals surface area contributed by atoms with Gasteiger partial charge >= 0.3 is 0 Å². The molecule has 13 heavy (non-hydrogen) atoms. The molecule has 0 aliphatic carbocycles. The summed E-state index contributed by atoms with van der Waals surface area (Å²) in [5.74, 6) is 2.49. The lowest BCUT2D eigenvalue weighted by Gasteiger charge is -2.20. The van der Waals surface area contributed by atoms with Crippen LogP contribution in [0.1, 0.15) is 36.1 Å². The maximum Gasteiger partial charge on any atom is 0.191 e. The summed E-state index contributed by atoms with van der Waals surface area (Å²) in [6, 6.07) is 0. The van der Waals surface area contributed by atoms with Gasteiger partial charge < -0.3 is 9.73 Å². The molecule has 72 valence electrons. The molecule has 1 aromatic heterocycles. The summed E-state index contributed by atoms with van der Waals surface area (Å²) in [7, 11) is 0. The molecule has 0 radical (unpaired) electrons. The molecule has 1 aliphatic rings. The molecule has 1 aliphatic heterocycles. The molecule has 0 atom stereocenters. The highest BCUT2D eigenvalue weighted by molar-refractivity contribution is 5.13. The third kappa shape index (κ3) is 1.75. The molecule has 0 amide bonds. The standard InChI is InChI=1S/C10H16N2O/c1-7-10(13-8(2)12-7)9-3-5-11-6-4-9/h9,11H,3-6H2,1-2H3. The van der Waals surface area contributed by atoms with Gasteiger partial charge in [-0.2, -0.15) is 0 Å². The molecule has 1 saturated heterocycles. The van der Waals surface area contributed by atoms with E-state index in [1.165, 1.54) is 12.8 Å². The Labute approximate surface area is 78.5 Å². The molecule has 1 N–H and O–H groups in total. The van der Waals surface area contributed by atoms with Gasteiger partial charge in [-0.1, -0.05) is 0 Å². The van der Waals surface area contributed by atoms with E-state index < -0.39 is 0 Å². The average molecular weight is 180 g/mol. The summed E-state index contributed by atoms with van der Waals surface area (Å²) in [5.41, 5.74) is 1.07. The number of aryl methyl sites for hydroxylation is 2. The average Bonchev–Trinajstić information content (AvgIpc) is 2.47. The minimum atomic E-state index is 0.586. The van der Waals surface area contributed by atoms with Gasteiger partial charge in [-0.05, 0) is 32.9 Å². The summed E-state index contributed by atoms with van der Waals surface area (Å²) in [6.45, 7) is 6.15. The van der Waals surface area contributed by atoms with E-state index in [4.69, 9.17) is 4.42 Å². The summed E-state index contributed by atoms with van der Waals surface area (Å²) < 4.78 is 5.61. The summed E-state index contributed by atoms with van der Waals surface area (Å²) in [5, 5.41) is 3.35. The summed E-state index contributed by atoms with van der Waals surface area (Å²) in [4.78, 5) is 4.30. The van der Waals surface area contributed by atoms with Crippen LogP contribution in [0.15, 0.2) is 4.42 Å². The molecule has 0 bridgehead atoms. The fourth-order valence-corrected chi connectivity index (χ4v) is 2.01. The van der Waals surface area contributed by atoms with Crippen molar-refractivity contribution in [2.45, 2.75) is 32.6 Å². The van der Waals surface area contributed by atoms with Crippen LogP contribution in [0.25, 0.3) is 0 Å². The second-order valence-electron chi connectivity index (χ2n) is 3.71. The van der Waals surface area contributed by atoms with E-state index in [0.717, 1.165) is 30.4 Å². The highest BCUT2D eigenvalue weighted by Crippen LogP contribution is 2.28. The first kappa shape index (κ1) is 8.75. The van der Waals surface area contributed by atoms with Gasteiger partial charge in [-0.15, -0.1) is 0 Å². The molecule has 1 fully saturated rings. The SMILES string of the molecule is Cc1nc(C)c(C2CCNCC2)o1. The first-order valence-electron chi connectivity index (χ1n) is 4.92. The van der Waals surface area contributed by atoms with E-state index >= 15 is 0 Å². The van der Waals surface area contributed by atoms with Crippen molar-refractivity contribution in [3.8, 4) is 0 Å². The van der Waals surface area contributed by atoms with Crippen LogP contribution in [0.5, 0.6) is 0 Å². The molecule has 3 heteroatoms. The number of piperidine rings is 1. The zero-order chi connectivity index (χ0) is 9.26. The first-order valence-corrected chi connectivity index (χ1v) is 4.92. The van der Waals surface area contributed by atoms with Crippen LogP contribution in [0.3, 0.4) is 0 Å². The predicted molar refractivity (Wildman–Crippen MR) is 50.8 cm³/mol. The number of hydrogen-bond acceptors (Lipinski definition) is 3. The van der Waals surface area contributed by atoms with Crippen molar-refractivity contribution in [1.82, 2.24) is 10.3 Å². The quantitative estimate of drug-likeness (QED) is 0.715. The van der Waals surface area contributed by atoms with Gasteiger partial charge in [0.05, 0.1) is 5.69 Å². The Kier molecular flexibility index (Phi) is 2.36. The molecule has 3 nitrogen and oxygen atoms in total. The second kappa shape index (κ2) is 3.50. The zero-order valence-electron chi connectivity index (χ0n) is 8.26. The monoisotopic (exact) mass is 180 g/mol. The Bertz CT molecular complexity index is 287. The number of nitrogens with zero attached hydrogens (tertiary/aromatic N) is 1. The molecule has 0 spiro atoms. The number of hydrogen-bond donors (Lipinski definition) is 1. The third-order valence-corrected chi connectivity index (χ3v) is 2.65. The summed E-state index contributed by atoms with van der Waals surface area (Å²) >= 11 is 0. The van der Waals surface area contributed by atoms with Crippen LogP contribution in [0, 0.1) is 13.8 Å². The number of aromatic nitrogens is 1. The van der Waals surface area contributed by atoms with Crippen molar-refractivity contribution >= 4 is 0 Å². The van der Waals surface area contributed by atoms with Crippen molar-refractivity contribution in [1.29, 1.82) is 0 Å². The van der Waals surface area contributed by atoms with Gasteiger partial charge in [-0.25, -0.2) is 4.98 Å². The Morgan fingerprint density at radius 2 is 2.00 bits per heavy atom. The van der Waals surface area contributed by atoms with Crippen LogP contribution in [-0.2, 0) is 0 Å². The smallest absolute Gasteiger partial charge is 0.191 e. The normalized spacial score (nSPS) is 19.2. The van der Waals surface area contributed by atoms with E-state index in [2.05, 4.69) is 10.3 Å². The zero-order valence-corrected chi connectivity index (χ0v) is 8.26. The van der Waals surface area contributed by atoms with E-state index in [0.29, 0.717) is 5.92 Å².